The molecule has 0 aliphatic heterocycles. The van der Waals surface area contributed by atoms with Crippen LogP contribution in [0, 0.1) is 0 Å². The summed E-state index contributed by atoms with van der Waals surface area (Å²) in [5.41, 5.74) is 2.94. The van der Waals surface area contributed by atoms with Gasteiger partial charge in [-0.2, -0.15) is 0 Å². The van der Waals surface area contributed by atoms with Crippen LogP contribution in [0.3, 0.4) is 0 Å². The fourth-order valence-electron chi connectivity index (χ4n) is 4.11. The minimum Gasteiger partial charge on any atom is -0.507 e. The van der Waals surface area contributed by atoms with Crippen molar-refractivity contribution in [2.75, 3.05) is 13.1 Å². The first kappa shape index (κ1) is 24.8. The van der Waals surface area contributed by atoms with Gasteiger partial charge in [-0.15, -0.1) is 0 Å². The average molecular weight is 456 g/mol. The first-order valence-electron chi connectivity index (χ1n) is 11.4. The number of aryl methyl sites for hydroxylation is 1. The van der Waals surface area contributed by atoms with Gasteiger partial charge in [-0.3, -0.25) is 13.9 Å². The summed E-state index contributed by atoms with van der Waals surface area (Å²) in [4.78, 5) is 28.9. The highest BCUT2D eigenvalue weighted by Gasteiger charge is 2.26. The monoisotopic (exact) mass is 455 g/mol. The lowest BCUT2D eigenvalue weighted by Gasteiger charge is -2.28. The maximum absolute atomic E-state index is 12.6. The van der Waals surface area contributed by atoms with Crippen LogP contribution in [0.5, 0.6) is 5.75 Å². The van der Waals surface area contributed by atoms with Crippen molar-refractivity contribution in [1.82, 2.24) is 24.0 Å². The van der Waals surface area contributed by atoms with Gasteiger partial charge in [-0.05, 0) is 40.5 Å². The SMILES string of the molecule is Cn1c(=O)c2c(ncn2CCNCCc2cc(C(C)(C)C)c(O)c(C(C)(C)C)c2)n(C)c1=O. The number of rotatable bonds is 6. The summed E-state index contributed by atoms with van der Waals surface area (Å²) >= 11 is 0. The predicted molar refractivity (Wildman–Crippen MR) is 132 cm³/mol. The van der Waals surface area contributed by atoms with Crippen LogP contribution in [0.1, 0.15) is 58.2 Å². The van der Waals surface area contributed by atoms with E-state index in [0.717, 1.165) is 28.7 Å². The second-order valence-electron chi connectivity index (χ2n) is 10.9. The molecule has 0 fully saturated rings. The van der Waals surface area contributed by atoms with Crippen LogP contribution < -0.4 is 16.6 Å². The third kappa shape index (κ3) is 4.90. The Morgan fingerprint density at radius 3 is 2.06 bits per heavy atom. The molecule has 2 N–H and O–H groups in total. The van der Waals surface area contributed by atoms with Gasteiger partial charge in [0.25, 0.3) is 5.56 Å². The molecule has 8 nitrogen and oxygen atoms in total. The minimum absolute atomic E-state index is 0.151. The molecule has 0 saturated heterocycles. The first-order valence-corrected chi connectivity index (χ1v) is 11.4. The lowest BCUT2D eigenvalue weighted by Crippen LogP contribution is -2.37. The van der Waals surface area contributed by atoms with E-state index < -0.39 is 0 Å². The fourth-order valence-corrected chi connectivity index (χ4v) is 4.11. The van der Waals surface area contributed by atoms with Crippen LogP contribution in [0.2, 0.25) is 0 Å². The van der Waals surface area contributed by atoms with Crippen LogP contribution in [-0.2, 0) is 37.9 Å². The Labute approximate surface area is 194 Å². The Morgan fingerprint density at radius 2 is 1.52 bits per heavy atom. The molecule has 0 atom stereocenters. The van der Waals surface area contributed by atoms with Crippen molar-refractivity contribution in [2.45, 2.75) is 65.3 Å². The number of nitrogens with zero attached hydrogens (tertiary/aromatic N) is 4. The van der Waals surface area contributed by atoms with Gasteiger partial charge in [-0.1, -0.05) is 53.7 Å². The number of fused-ring (bicyclic) bond motifs is 1. The summed E-state index contributed by atoms with van der Waals surface area (Å²) in [5.74, 6) is 0.398. The van der Waals surface area contributed by atoms with E-state index in [1.165, 1.54) is 17.2 Å². The molecule has 0 aliphatic carbocycles. The molecule has 0 radical (unpaired) electrons. The normalized spacial score (nSPS) is 12.6. The molecule has 33 heavy (non-hydrogen) atoms. The van der Waals surface area contributed by atoms with Gasteiger partial charge in [-0.25, -0.2) is 9.78 Å². The Bertz CT molecular complexity index is 1250. The average Bonchev–Trinajstić information content (AvgIpc) is 3.13. The van der Waals surface area contributed by atoms with Crippen molar-refractivity contribution in [1.29, 1.82) is 0 Å². The van der Waals surface area contributed by atoms with Crippen molar-refractivity contribution in [2.24, 2.45) is 14.1 Å². The molecular weight excluding hydrogens is 418 g/mol. The number of aromatic nitrogens is 4. The summed E-state index contributed by atoms with van der Waals surface area (Å²) in [7, 11) is 3.10. The third-order valence-corrected chi connectivity index (χ3v) is 6.12. The quantitative estimate of drug-likeness (QED) is 0.557. The molecule has 0 unspecified atom stereocenters. The Kier molecular flexibility index (Phi) is 6.62. The molecule has 0 spiro atoms. The minimum atomic E-state index is -0.381. The molecule has 0 bridgehead atoms. The van der Waals surface area contributed by atoms with Gasteiger partial charge in [0.2, 0.25) is 0 Å². The second-order valence-corrected chi connectivity index (χ2v) is 10.9. The van der Waals surface area contributed by atoms with Crippen LogP contribution in [-0.4, -0.2) is 36.9 Å². The number of hydrogen-bond acceptors (Lipinski definition) is 5. The Balaban J connectivity index is 1.71. The van der Waals surface area contributed by atoms with E-state index in [-0.39, 0.29) is 22.1 Å². The summed E-state index contributed by atoms with van der Waals surface area (Å²) in [6.07, 6.45) is 2.44. The van der Waals surface area contributed by atoms with E-state index in [9.17, 15) is 14.7 Å². The van der Waals surface area contributed by atoms with Crippen molar-refractivity contribution in [3.05, 3.63) is 56.0 Å². The molecule has 1 aromatic carbocycles. The maximum Gasteiger partial charge on any atom is 0.332 e. The highest BCUT2D eigenvalue weighted by Crippen LogP contribution is 2.39. The van der Waals surface area contributed by atoms with Gasteiger partial charge in [0.05, 0.1) is 6.33 Å². The molecule has 8 heteroatoms. The van der Waals surface area contributed by atoms with E-state index >= 15 is 0 Å². The molecule has 0 aliphatic rings. The number of imidazole rings is 1. The highest BCUT2D eigenvalue weighted by molar-refractivity contribution is 5.69. The Morgan fingerprint density at radius 1 is 0.939 bits per heavy atom. The number of hydrogen-bond donors (Lipinski definition) is 2. The second kappa shape index (κ2) is 8.82. The maximum atomic E-state index is 12.6. The third-order valence-electron chi connectivity index (χ3n) is 6.12. The molecule has 3 aromatic rings. The van der Waals surface area contributed by atoms with Crippen molar-refractivity contribution >= 4 is 11.2 Å². The van der Waals surface area contributed by atoms with E-state index in [1.807, 2.05) is 0 Å². The van der Waals surface area contributed by atoms with Gasteiger partial charge in [0.1, 0.15) is 5.75 Å². The zero-order chi connectivity index (χ0) is 24.7. The number of nitrogens with one attached hydrogen (secondary N) is 1. The van der Waals surface area contributed by atoms with Crippen LogP contribution in [0.4, 0.5) is 0 Å². The molecule has 3 rings (SSSR count). The van der Waals surface area contributed by atoms with Crippen LogP contribution >= 0.6 is 0 Å². The first-order chi connectivity index (χ1) is 15.2. The molecule has 0 amide bonds. The van der Waals surface area contributed by atoms with Crippen LogP contribution in [0.25, 0.3) is 11.2 Å². The van der Waals surface area contributed by atoms with Gasteiger partial charge in [0.15, 0.2) is 11.2 Å². The fraction of sp³-hybridized carbons (Fsp3) is 0.560. The number of aromatic hydroxyl groups is 1. The number of phenolic OH excluding ortho intramolecular Hbond substituents is 1. The summed E-state index contributed by atoms with van der Waals surface area (Å²) < 4.78 is 4.30. The smallest absolute Gasteiger partial charge is 0.332 e. The van der Waals surface area contributed by atoms with Crippen LogP contribution in [0.15, 0.2) is 28.0 Å². The van der Waals surface area contributed by atoms with Gasteiger partial charge in [0, 0.05) is 27.2 Å². The van der Waals surface area contributed by atoms with E-state index in [2.05, 4.69) is 64.0 Å². The predicted octanol–water partition coefficient (Wildman–Crippen LogP) is 2.57. The molecule has 180 valence electrons. The summed E-state index contributed by atoms with van der Waals surface area (Å²) in [6.45, 7) is 14.7. The molecule has 0 saturated carbocycles. The standard InChI is InChI=1S/C25H37N5O3/c1-24(2,3)17-13-16(14-18(20(17)31)25(4,5)6)9-10-26-11-12-30-15-27-21-19(30)22(32)29(8)23(33)28(21)7/h13-15,26,31H,9-12H2,1-8H3. The van der Waals surface area contributed by atoms with Gasteiger partial charge < -0.3 is 15.0 Å². The molecular formula is C25H37N5O3. The van der Waals surface area contributed by atoms with Gasteiger partial charge >= 0.3 is 5.69 Å². The largest absolute Gasteiger partial charge is 0.507 e. The summed E-state index contributed by atoms with van der Waals surface area (Å²) in [5, 5.41) is 14.3. The van der Waals surface area contributed by atoms with Crippen molar-refractivity contribution in [3.8, 4) is 5.75 Å². The lowest BCUT2D eigenvalue weighted by atomic mass is 9.78. The van der Waals surface area contributed by atoms with E-state index in [4.69, 9.17) is 0 Å². The lowest BCUT2D eigenvalue weighted by molar-refractivity contribution is 0.422. The number of phenols is 1. The van der Waals surface area contributed by atoms with Crippen molar-refractivity contribution < 1.29 is 5.11 Å². The molecule has 2 aromatic heterocycles. The topological polar surface area (TPSA) is 94.1 Å². The summed E-state index contributed by atoms with van der Waals surface area (Å²) in [6, 6.07) is 4.22. The Hall–Kier alpha value is -2.87. The van der Waals surface area contributed by atoms with E-state index in [0.29, 0.717) is 30.0 Å². The number of benzene rings is 1. The molecule has 2 heterocycles. The van der Waals surface area contributed by atoms with Crippen molar-refractivity contribution in [3.63, 3.8) is 0 Å². The highest BCUT2D eigenvalue weighted by atomic mass is 16.3. The zero-order valence-corrected chi connectivity index (χ0v) is 21.1. The van der Waals surface area contributed by atoms with E-state index in [1.54, 1.807) is 17.9 Å². The zero-order valence-electron chi connectivity index (χ0n) is 21.1.